The van der Waals surface area contributed by atoms with E-state index in [4.69, 9.17) is 9.26 Å². The summed E-state index contributed by atoms with van der Waals surface area (Å²) in [6.07, 6.45) is 2.30. The van der Waals surface area contributed by atoms with Crippen molar-refractivity contribution in [2.75, 3.05) is 0 Å². The van der Waals surface area contributed by atoms with Crippen LogP contribution in [0.25, 0.3) is 11.4 Å². The van der Waals surface area contributed by atoms with Crippen LogP contribution in [-0.4, -0.2) is 20.3 Å². The number of aryl methyl sites for hydroxylation is 2. The summed E-state index contributed by atoms with van der Waals surface area (Å²) in [7, 11) is 0. The first-order valence-electron chi connectivity index (χ1n) is 6.81. The van der Waals surface area contributed by atoms with E-state index in [-0.39, 0.29) is 0 Å². The van der Waals surface area contributed by atoms with E-state index in [0.717, 1.165) is 34.8 Å². The zero-order valence-electron chi connectivity index (χ0n) is 12.0. The molecular weight excluding hydrogens is 268 g/mol. The zero-order valence-corrected chi connectivity index (χ0v) is 12.0. The largest absolute Gasteiger partial charge is 0.488 e. The van der Waals surface area contributed by atoms with E-state index in [1.165, 1.54) is 6.33 Å². The Bertz CT molecular complexity index is 719. The Morgan fingerprint density at radius 1 is 1.29 bits per heavy atom. The van der Waals surface area contributed by atoms with Crippen molar-refractivity contribution >= 4 is 0 Å². The standard InChI is InChI=1S/C15H16N4O2/c1-3-13-12(10(2)21-19-13)8-20-14-7-5-4-6-11(14)15-16-9-17-18-15/h4-7,9H,3,8H2,1-2H3,(H,16,17,18). The van der Waals surface area contributed by atoms with Crippen LogP contribution in [0.1, 0.15) is 23.9 Å². The first kappa shape index (κ1) is 13.4. The molecule has 0 amide bonds. The number of nitrogens with one attached hydrogen (secondary N) is 1. The molecule has 0 spiro atoms. The van der Waals surface area contributed by atoms with E-state index in [0.29, 0.717) is 12.4 Å². The van der Waals surface area contributed by atoms with Gasteiger partial charge in [-0.25, -0.2) is 4.98 Å². The van der Waals surface area contributed by atoms with Crippen molar-refractivity contribution in [1.82, 2.24) is 20.3 Å². The van der Waals surface area contributed by atoms with Gasteiger partial charge in [0.1, 0.15) is 24.4 Å². The molecule has 2 aromatic heterocycles. The van der Waals surface area contributed by atoms with Crippen molar-refractivity contribution in [2.24, 2.45) is 0 Å². The fraction of sp³-hybridized carbons (Fsp3) is 0.267. The summed E-state index contributed by atoms with van der Waals surface area (Å²) >= 11 is 0. The number of hydrogen-bond donors (Lipinski definition) is 1. The third kappa shape index (κ3) is 2.65. The SMILES string of the molecule is CCc1noc(C)c1COc1ccccc1-c1ncn[nH]1. The molecule has 0 bridgehead atoms. The summed E-state index contributed by atoms with van der Waals surface area (Å²) < 4.78 is 11.2. The molecule has 21 heavy (non-hydrogen) atoms. The molecule has 3 rings (SSSR count). The van der Waals surface area contributed by atoms with E-state index in [2.05, 4.69) is 20.3 Å². The highest BCUT2D eigenvalue weighted by molar-refractivity contribution is 5.63. The van der Waals surface area contributed by atoms with Gasteiger partial charge >= 0.3 is 0 Å². The molecule has 0 radical (unpaired) electrons. The summed E-state index contributed by atoms with van der Waals surface area (Å²) in [6, 6.07) is 7.71. The molecule has 6 heteroatoms. The van der Waals surface area contributed by atoms with Crippen LogP contribution in [0.3, 0.4) is 0 Å². The van der Waals surface area contributed by atoms with Gasteiger partial charge in [-0.05, 0) is 25.5 Å². The third-order valence-electron chi connectivity index (χ3n) is 3.33. The quantitative estimate of drug-likeness (QED) is 0.779. The van der Waals surface area contributed by atoms with Crippen LogP contribution in [0.15, 0.2) is 35.1 Å². The van der Waals surface area contributed by atoms with E-state index in [1.54, 1.807) is 0 Å². The van der Waals surface area contributed by atoms with Crippen LogP contribution in [0.5, 0.6) is 5.75 Å². The van der Waals surface area contributed by atoms with E-state index < -0.39 is 0 Å². The number of para-hydroxylation sites is 1. The average molecular weight is 284 g/mol. The Morgan fingerprint density at radius 3 is 2.90 bits per heavy atom. The molecule has 0 atom stereocenters. The lowest BCUT2D eigenvalue weighted by atomic mass is 10.1. The molecule has 0 saturated carbocycles. The highest BCUT2D eigenvalue weighted by Gasteiger charge is 2.14. The molecule has 1 aromatic carbocycles. The van der Waals surface area contributed by atoms with Crippen LogP contribution >= 0.6 is 0 Å². The van der Waals surface area contributed by atoms with Gasteiger partial charge in [0.2, 0.25) is 0 Å². The number of benzene rings is 1. The molecule has 0 fully saturated rings. The molecule has 0 aliphatic rings. The Kier molecular flexibility index (Phi) is 3.68. The second-order valence-electron chi connectivity index (χ2n) is 4.64. The summed E-state index contributed by atoms with van der Waals surface area (Å²) in [5.74, 6) is 2.23. The topological polar surface area (TPSA) is 76.8 Å². The molecule has 6 nitrogen and oxygen atoms in total. The van der Waals surface area contributed by atoms with Crippen molar-refractivity contribution in [3.63, 3.8) is 0 Å². The minimum absolute atomic E-state index is 0.420. The molecule has 0 aliphatic carbocycles. The predicted octanol–water partition coefficient (Wildman–Crippen LogP) is 2.91. The van der Waals surface area contributed by atoms with E-state index in [1.807, 2.05) is 38.1 Å². The first-order chi connectivity index (χ1) is 10.3. The van der Waals surface area contributed by atoms with Gasteiger partial charge in [0.05, 0.1) is 16.8 Å². The third-order valence-corrected chi connectivity index (χ3v) is 3.33. The zero-order chi connectivity index (χ0) is 14.7. The fourth-order valence-corrected chi connectivity index (χ4v) is 2.17. The van der Waals surface area contributed by atoms with Crippen molar-refractivity contribution < 1.29 is 9.26 Å². The first-order valence-corrected chi connectivity index (χ1v) is 6.81. The predicted molar refractivity (Wildman–Crippen MR) is 76.8 cm³/mol. The Hall–Kier alpha value is -2.63. The van der Waals surface area contributed by atoms with Gasteiger partial charge in [0.15, 0.2) is 5.82 Å². The number of aromatic amines is 1. The Balaban J connectivity index is 1.84. The van der Waals surface area contributed by atoms with Crippen LogP contribution in [0.4, 0.5) is 0 Å². The van der Waals surface area contributed by atoms with Gasteiger partial charge < -0.3 is 9.26 Å². The lowest BCUT2D eigenvalue weighted by Gasteiger charge is -2.09. The number of nitrogens with zero attached hydrogens (tertiary/aromatic N) is 3. The molecule has 3 aromatic rings. The lowest BCUT2D eigenvalue weighted by Crippen LogP contribution is -2.00. The van der Waals surface area contributed by atoms with E-state index in [9.17, 15) is 0 Å². The average Bonchev–Trinajstić information content (AvgIpc) is 3.15. The van der Waals surface area contributed by atoms with Crippen LogP contribution in [0.2, 0.25) is 0 Å². The van der Waals surface area contributed by atoms with Gasteiger partial charge in [0.25, 0.3) is 0 Å². The monoisotopic (exact) mass is 284 g/mol. The van der Waals surface area contributed by atoms with Crippen molar-refractivity contribution in [2.45, 2.75) is 26.9 Å². The van der Waals surface area contributed by atoms with Gasteiger partial charge in [-0.15, -0.1) is 0 Å². The highest BCUT2D eigenvalue weighted by atomic mass is 16.5. The smallest absolute Gasteiger partial charge is 0.159 e. The number of ether oxygens (including phenoxy) is 1. The molecule has 0 unspecified atom stereocenters. The molecule has 0 saturated heterocycles. The molecule has 0 aliphatic heterocycles. The van der Waals surface area contributed by atoms with Gasteiger partial charge in [-0.3, -0.25) is 5.10 Å². The highest BCUT2D eigenvalue weighted by Crippen LogP contribution is 2.28. The summed E-state index contributed by atoms with van der Waals surface area (Å²) in [4.78, 5) is 4.17. The Labute approximate surface area is 122 Å². The second-order valence-corrected chi connectivity index (χ2v) is 4.64. The normalized spacial score (nSPS) is 10.8. The maximum absolute atomic E-state index is 5.94. The van der Waals surface area contributed by atoms with Crippen LogP contribution < -0.4 is 4.74 Å². The molecular formula is C15H16N4O2. The summed E-state index contributed by atoms with van der Waals surface area (Å²) in [6.45, 7) is 4.36. The minimum Gasteiger partial charge on any atom is -0.488 e. The van der Waals surface area contributed by atoms with Crippen molar-refractivity contribution in [3.8, 4) is 17.1 Å². The number of hydrogen-bond acceptors (Lipinski definition) is 5. The lowest BCUT2D eigenvalue weighted by molar-refractivity contribution is 0.302. The maximum atomic E-state index is 5.94. The number of aromatic nitrogens is 4. The van der Waals surface area contributed by atoms with Gasteiger partial charge in [-0.2, -0.15) is 5.10 Å². The molecule has 108 valence electrons. The van der Waals surface area contributed by atoms with Crippen LogP contribution in [-0.2, 0) is 13.0 Å². The second kappa shape index (κ2) is 5.78. The minimum atomic E-state index is 0.420. The molecule has 1 N–H and O–H groups in total. The van der Waals surface area contributed by atoms with Crippen molar-refractivity contribution in [3.05, 3.63) is 47.6 Å². The van der Waals surface area contributed by atoms with Gasteiger partial charge in [-0.1, -0.05) is 24.2 Å². The maximum Gasteiger partial charge on any atom is 0.159 e. The summed E-state index contributed by atoms with van der Waals surface area (Å²) in [5, 5.41) is 10.8. The van der Waals surface area contributed by atoms with E-state index >= 15 is 0 Å². The van der Waals surface area contributed by atoms with Gasteiger partial charge in [0, 0.05) is 0 Å². The number of H-pyrrole nitrogens is 1. The Morgan fingerprint density at radius 2 is 2.14 bits per heavy atom. The van der Waals surface area contributed by atoms with Crippen LogP contribution in [0, 0.1) is 6.92 Å². The fourth-order valence-electron chi connectivity index (χ4n) is 2.17. The summed E-state index contributed by atoms with van der Waals surface area (Å²) in [5.41, 5.74) is 2.82. The molecule has 2 heterocycles. The van der Waals surface area contributed by atoms with Crippen molar-refractivity contribution in [1.29, 1.82) is 0 Å². The number of rotatable bonds is 5.